The molecule has 1 fully saturated rings. The monoisotopic (exact) mass is 361 g/mol. The Morgan fingerprint density at radius 1 is 1.11 bits per heavy atom. The smallest absolute Gasteiger partial charge is 0.343 e. The van der Waals surface area contributed by atoms with Crippen LogP contribution in [0.2, 0.25) is 0 Å². The molecular weight excluding hydrogens is 334 g/mol. The maximum Gasteiger partial charge on any atom is 0.343 e. The van der Waals surface area contributed by atoms with Crippen LogP contribution in [0.15, 0.2) is 42.5 Å². The molecule has 0 saturated heterocycles. The number of carbonyl (C=O) groups is 1. The summed E-state index contributed by atoms with van der Waals surface area (Å²) in [4.78, 5) is 12.4. The van der Waals surface area contributed by atoms with E-state index in [2.05, 4.69) is 25.1 Å². The number of nitriles is 1. The molecule has 0 unspecified atom stereocenters. The van der Waals surface area contributed by atoms with E-state index < -0.39 is 5.97 Å². The highest BCUT2D eigenvalue weighted by Gasteiger charge is 2.22. The fraction of sp³-hybridized carbons (Fsp3) is 0.417. The third-order valence-electron chi connectivity index (χ3n) is 5.62. The number of benzene rings is 2. The summed E-state index contributed by atoms with van der Waals surface area (Å²) in [5.41, 5.74) is 3.17. The van der Waals surface area contributed by atoms with Gasteiger partial charge in [0.2, 0.25) is 0 Å². The lowest BCUT2D eigenvalue weighted by molar-refractivity contribution is 0.0734. The molecule has 27 heavy (non-hydrogen) atoms. The average Bonchev–Trinajstić information content (AvgIpc) is 2.70. The van der Waals surface area contributed by atoms with Crippen LogP contribution in [0.25, 0.3) is 0 Å². The van der Waals surface area contributed by atoms with Gasteiger partial charge in [0.05, 0.1) is 11.1 Å². The van der Waals surface area contributed by atoms with Crippen LogP contribution < -0.4 is 4.74 Å². The van der Waals surface area contributed by atoms with Crippen LogP contribution in [0.4, 0.5) is 0 Å². The van der Waals surface area contributed by atoms with Crippen molar-refractivity contribution < 1.29 is 9.53 Å². The number of esters is 1. The van der Waals surface area contributed by atoms with Crippen molar-refractivity contribution >= 4 is 5.97 Å². The van der Waals surface area contributed by atoms with Crippen LogP contribution in [-0.4, -0.2) is 5.97 Å². The Balaban J connectivity index is 1.64. The molecule has 3 rings (SSSR count). The van der Waals surface area contributed by atoms with Crippen LogP contribution in [0.3, 0.4) is 0 Å². The van der Waals surface area contributed by atoms with E-state index >= 15 is 0 Å². The molecule has 0 bridgehead atoms. The van der Waals surface area contributed by atoms with Crippen molar-refractivity contribution in [2.24, 2.45) is 5.92 Å². The Hall–Kier alpha value is -2.60. The quantitative estimate of drug-likeness (QED) is 0.473. The average molecular weight is 361 g/mol. The van der Waals surface area contributed by atoms with E-state index in [0.29, 0.717) is 22.8 Å². The molecule has 140 valence electrons. The van der Waals surface area contributed by atoms with E-state index in [1.54, 1.807) is 12.1 Å². The van der Waals surface area contributed by atoms with Gasteiger partial charge >= 0.3 is 5.97 Å². The first-order chi connectivity index (χ1) is 13.1. The number of hydrogen-bond acceptors (Lipinski definition) is 3. The lowest BCUT2D eigenvalue weighted by Crippen LogP contribution is -2.14. The van der Waals surface area contributed by atoms with E-state index in [1.165, 1.54) is 44.1 Å². The van der Waals surface area contributed by atoms with Crippen molar-refractivity contribution in [3.63, 3.8) is 0 Å². The standard InChI is InChI=1S/C24H27NO2/c1-3-4-18-6-8-19(9-7-18)20-10-12-21(13-11-20)24(26)27-23-14-5-17(2)15-22(23)16-25/h5,10-15,18-19H,3-4,6-9H2,1-2H3. The van der Waals surface area contributed by atoms with Gasteiger partial charge in [-0.1, -0.05) is 38.0 Å². The molecule has 0 spiro atoms. The van der Waals surface area contributed by atoms with Gasteiger partial charge in [-0.05, 0) is 79.8 Å². The fourth-order valence-corrected chi connectivity index (χ4v) is 4.06. The van der Waals surface area contributed by atoms with Crippen molar-refractivity contribution in [1.82, 2.24) is 0 Å². The minimum atomic E-state index is -0.423. The molecule has 0 heterocycles. The van der Waals surface area contributed by atoms with Crippen molar-refractivity contribution in [2.45, 2.75) is 58.3 Å². The second-order valence-electron chi connectivity index (χ2n) is 7.63. The lowest BCUT2D eigenvalue weighted by atomic mass is 9.77. The van der Waals surface area contributed by atoms with Gasteiger partial charge in [-0.15, -0.1) is 0 Å². The Kier molecular flexibility index (Phi) is 6.29. The molecule has 2 aromatic carbocycles. The van der Waals surface area contributed by atoms with Gasteiger partial charge in [-0.2, -0.15) is 5.26 Å². The van der Waals surface area contributed by atoms with E-state index in [0.717, 1.165) is 11.5 Å². The van der Waals surface area contributed by atoms with Crippen molar-refractivity contribution in [3.05, 3.63) is 64.7 Å². The molecule has 1 aliphatic carbocycles. The first kappa shape index (κ1) is 19.2. The second kappa shape index (κ2) is 8.86. The first-order valence-electron chi connectivity index (χ1n) is 9.93. The molecule has 0 radical (unpaired) electrons. The number of ether oxygens (including phenoxy) is 1. The van der Waals surface area contributed by atoms with Crippen molar-refractivity contribution in [2.75, 3.05) is 0 Å². The topological polar surface area (TPSA) is 50.1 Å². The summed E-state index contributed by atoms with van der Waals surface area (Å²) in [6.07, 6.45) is 7.73. The van der Waals surface area contributed by atoms with Gasteiger partial charge in [0.15, 0.2) is 0 Å². The van der Waals surface area contributed by atoms with E-state index in [1.807, 2.05) is 25.1 Å². The molecule has 0 atom stereocenters. The zero-order valence-corrected chi connectivity index (χ0v) is 16.2. The fourth-order valence-electron chi connectivity index (χ4n) is 4.06. The molecule has 3 nitrogen and oxygen atoms in total. The highest BCUT2D eigenvalue weighted by molar-refractivity contribution is 5.91. The van der Waals surface area contributed by atoms with Gasteiger partial charge in [-0.3, -0.25) is 0 Å². The minimum Gasteiger partial charge on any atom is -0.422 e. The third kappa shape index (κ3) is 4.77. The third-order valence-corrected chi connectivity index (χ3v) is 5.62. The molecule has 2 aromatic rings. The number of hydrogen-bond donors (Lipinski definition) is 0. The molecule has 3 heteroatoms. The number of rotatable bonds is 5. The molecule has 0 N–H and O–H groups in total. The summed E-state index contributed by atoms with van der Waals surface area (Å²) in [6.45, 7) is 4.17. The van der Waals surface area contributed by atoms with Crippen LogP contribution >= 0.6 is 0 Å². The van der Waals surface area contributed by atoms with Gasteiger partial charge in [-0.25, -0.2) is 4.79 Å². The van der Waals surface area contributed by atoms with Crippen molar-refractivity contribution in [3.8, 4) is 11.8 Å². The Bertz CT molecular complexity index is 824. The van der Waals surface area contributed by atoms with Crippen LogP contribution in [0.1, 0.15) is 78.4 Å². The Morgan fingerprint density at radius 2 is 1.81 bits per heavy atom. The first-order valence-corrected chi connectivity index (χ1v) is 9.93. The molecular formula is C24H27NO2. The predicted molar refractivity (Wildman–Crippen MR) is 107 cm³/mol. The van der Waals surface area contributed by atoms with E-state index in [-0.39, 0.29) is 0 Å². The molecule has 0 aromatic heterocycles. The summed E-state index contributed by atoms with van der Waals surface area (Å²) in [5, 5.41) is 9.22. The summed E-state index contributed by atoms with van der Waals surface area (Å²) < 4.78 is 5.44. The SMILES string of the molecule is CCCC1CCC(c2ccc(C(=O)Oc3ccc(C)cc3C#N)cc2)CC1. The lowest BCUT2D eigenvalue weighted by Gasteiger charge is -2.28. The summed E-state index contributed by atoms with van der Waals surface area (Å²) >= 11 is 0. The van der Waals surface area contributed by atoms with Gasteiger partial charge in [0.25, 0.3) is 0 Å². The van der Waals surface area contributed by atoms with Crippen LogP contribution in [0, 0.1) is 24.2 Å². The van der Waals surface area contributed by atoms with Crippen molar-refractivity contribution in [1.29, 1.82) is 5.26 Å². The summed E-state index contributed by atoms with van der Waals surface area (Å²) in [7, 11) is 0. The van der Waals surface area contributed by atoms with Crippen LogP contribution in [-0.2, 0) is 0 Å². The number of carbonyl (C=O) groups excluding carboxylic acids is 1. The molecule has 1 aliphatic rings. The normalized spacial score (nSPS) is 19.3. The second-order valence-corrected chi connectivity index (χ2v) is 7.63. The number of nitrogens with zero attached hydrogens (tertiary/aromatic N) is 1. The molecule has 0 amide bonds. The maximum atomic E-state index is 12.4. The van der Waals surface area contributed by atoms with Gasteiger partial charge in [0.1, 0.15) is 11.8 Å². The van der Waals surface area contributed by atoms with E-state index in [9.17, 15) is 10.1 Å². The van der Waals surface area contributed by atoms with Gasteiger partial charge in [0, 0.05) is 0 Å². The highest BCUT2D eigenvalue weighted by atomic mass is 16.5. The number of aryl methyl sites for hydroxylation is 1. The minimum absolute atomic E-state index is 0.312. The molecule has 0 aliphatic heterocycles. The zero-order valence-electron chi connectivity index (χ0n) is 16.2. The largest absolute Gasteiger partial charge is 0.422 e. The summed E-state index contributed by atoms with van der Waals surface area (Å²) in [5.74, 6) is 1.38. The predicted octanol–water partition coefficient (Wildman–Crippen LogP) is 6.16. The zero-order chi connectivity index (χ0) is 19.2. The summed E-state index contributed by atoms with van der Waals surface area (Å²) in [6, 6.07) is 15.1. The van der Waals surface area contributed by atoms with Gasteiger partial charge < -0.3 is 4.74 Å². The maximum absolute atomic E-state index is 12.4. The Labute approximate surface area is 162 Å². The molecule has 1 saturated carbocycles. The highest BCUT2D eigenvalue weighted by Crippen LogP contribution is 2.37. The van der Waals surface area contributed by atoms with Crippen LogP contribution in [0.5, 0.6) is 5.75 Å². The van der Waals surface area contributed by atoms with E-state index in [4.69, 9.17) is 4.74 Å². The Morgan fingerprint density at radius 3 is 2.44 bits per heavy atom.